The summed E-state index contributed by atoms with van der Waals surface area (Å²) in [7, 11) is 0. The van der Waals surface area contributed by atoms with Crippen molar-refractivity contribution in [3.05, 3.63) is 46.6 Å². The zero-order valence-electron chi connectivity index (χ0n) is 16.5. The number of nitrogens with zero attached hydrogens (tertiary/aromatic N) is 2. The minimum atomic E-state index is -0.436. The number of carbonyl (C=O) groups is 1. The van der Waals surface area contributed by atoms with Gasteiger partial charge >= 0.3 is 0 Å². The molecular formula is C21H28ClN5O. The van der Waals surface area contributed by atoms with E-state index in [1.165, 1.54) is 0 Å². The van der Waals surface area contributed by atoms with Crippen molar-refractivity contribution < 1.29 is 4.79 Å². The first-order valence-corrected chi connectivity index (χ1v) is 10.3. The summed E-state index contributed by atoms with van der Waals surface area (Å²) in [6, 6.07) is 9.60. The van der Waals surface area contributed by atoms with Gasteiger partial charge in [-0.15, -0.1) is 0 Å². The van der Waals surface area contributed by atoms with Crippen molar-refractivity contribution in [2.75, 3.05) is 30.3 Å². The summed E-state index contributed by atoms with van der Waals surface area (Å²) in [5, 5.41) is 10.2. The number of hydrogen-bond acceptors (Lipinski definition) is 5. The number of aryl methyl sites for hydroxylation is 1. The molecule has 28 heavy (non-hydrogen) atoms. The summed E-state index contributed by atoms with van der Waals surface area (Å²) in [4.78, 5) is 21.8. The molecule has 0 atom stereocenters. The van der Waals surface area contributed by atoms with Crippen molar-refractivity contribution in [1.29, 1.82) is 0 Å². The van der Waals surface area contributed by atoms with E-state index in [2.05, 4.69) is 25.9 Å². The highest BCUT2D eigenvalue weighted by molar-refractivity contribution is 6.30. The van der Waals surface area contributed by atoms with E-state index < -0.39 is 5.41 Å². The van der Waals surface area contributed by atoms with Crippen LogP contribution in [0.3, 0.4) is 0 Å². The van der Waals surface area contributed by atoms with Crippen molar-refractivity contribution in [3.8, 4) is 0 Å². The van der Waals surface area contributed by atoms with Crippen LogP contribution in [-0.2, 0) is 10.2 Å². The molecule has 3 N–H and O–H groups in total. The van der Waals surface area contributed by atoms with Gasteiger partial charge in [0.1, 0.15) is 5.82 Å². The van der Waals surface area contributed by atoms with E-state index in [1.807, 2.05) is 44.2 Å². The largest absolute Gasteiger partial charge is 0.368 e. The third kappa shape index (κ3) is 4.73. The Hall–Kier alpha value is -2.34. The molecule has 150 valence electrons. The van der Waals surface area contributed by atoms with Crippen LogP contribution in [0.2, 0.25) is 5.02 Å². The van der Waals surface area contributed by atoms with Crippen LogP contribution < -0.4 is 16.0 Å². The number of hydrogen-bond donors (Lipinski definition) is 3. The van der Waals surface area contributed by atoms with Crippen LogP contribution in [0.25, 0.3) is 0 Å². The Morgan fingerprint density at radius 3 is 2.50 bits per heavy atom. The van der Waals surface area contributed by atoms with Gasteiger partial charge in [-0.05, 0) is 44.4 Å². The first-order chi connectivity index (χ1) is 13.5. The minimum absolute atomic E-state index is 0.0985. The summed E-state index contributed by atoms with van der Waals surface area (Å²) in [5.74, 6) is 1.47. The molecule has 0 unspecified atom stereocenters. The van der Waals surface area contributed by atoms with E-state index >= 15 is 0 Å². The van der Waals surface area contributed by atoms with Gasteiger partial charge in [-0.3, -0.25) is 4.79 Å². The van der Waals surface area contributed by atoms with Gasteiger partial charge in [0.05, 0.1) is 5.41 Å². The van der Waals surface area contributed by atoms with Crippen LogP contribution >= 0.6 is 11.6 Å². The topological polar surface area (TPSA) is 78.9 Å². The summed E-state index contributed by atoms with van der Waals surface area (Å²) in [6.07, 6.45) is 3.90. The van der Waals surface area contributed by atoms with Crippen molar-refractivity contribution in [1.82, 2.24) is 15.3 Å². The zero-order valence-corrected chi connectivity index (χ0v) is 17.3. The lowest BCUT2D eigenvalue weighted by molar-refractivity contribution is -0.126. The molecule has 1 aromatic heterocycles. The second-order valence-corrected chi connectivity index (χ2v) is 7.66. The number of carbonyl (C=O) groups excluding carboxylic acids is 1. The Bertz CT molecular complexity index is 803. The average Bonchev–Trinajstić information content (AvgIpc) is 3.17. The molecule has 2 aromatic rings. The molecule has 3 rings (SSSR count). The molecule has 1 aliphatic rings. The molecule has 1 aliphatic carbocycles. The molecule has 1 fully saturated rings. The van der Waals surface area contributed by atoms with Crippen molar-refractivity contribution in [2.45, 2.75) is 44.9 Å². The van der Waals surface area contributed by atoms with Gasteiger partial charge in [-0.2, -0.15) is 4.98 Å². The number of benzene rings is 1. The summed E-state index contributed by atoms with van der Waals surface area (Å²) < 4.78 is 0. The molecule has 7 heteroatoms. The maximum absolute atomic E-state index is 13.0. The monoisotopic (exact) mass is 401 g/mol. The fraction of sp³-hybridized carbons (Fsp3) is 0.476. The van der Waals surface area contributed by atoms with E-state index in [0.29, 0.717) is 24.1 Å². The third-order valence-electron chi connectivity index (χ3n) is 5.19. The number of anilines is 2. The van der Waals surface area contributed by atoms with E-state index in [0.717, 1.165) is 49.3 Å². The quantitative estimate of drug-likeness (QED) is 0.584. The van der Waals surface area contributed by atoms with Gasteiger partial charge in [-0.1, -0.05) is 36.6 Å². The SMILES string of the molecule is CCNc1nc(C)cc(NCCNC(=O)C2(c3ccc(Cl)cc3)CCCC2)n1. The molecule has 1 amide bonds. The lowest BCUT2D eigenvalue weighted by Gasteiger charge is -2.28. The lowest BCUT2D eigenvalue weighted by Crippen LogP contribution is -2.44. The number of aromatic nitrogens is 2. The summed E-state index contributed by atoms with van der Waals surface area (Å²) in [5.41, 5.74) is 1.51. The van der Waals surface area contributed by atoms with Crippen LogP contribution in [0.1, 0.15) is 43.9 Å². The van der Waals surface area contributed by atoms with E-state index in [1.54, 1.807) is 0 Å². The maximum Gasteiger partial charge on any atom is 0.230 e. The number of amides is 1. The van der Waals surface area contributed by atoms with Crippen molar-refractivity contribution >= 4 is 29.3 Å². The molecular weight excluding hydrogens is 374 g/mol. The smallest absolute Gasteiger partial charge is 0.230 e. The van der Waals surface area contributed by atoms with Gasteiger partial charge in [0.25, 0.3) is 0 Å². The molecule has 1 saturated carbocycles. The van der Waals surface area contributed by atoms with Gasteiger partial charge in [-0.25, -0.2) is 4.98 Å². The number of halogens is 1. The van der Waals surface area contributed by atoms with Crippen LogP contribution in [-0.4, -0.2) is 35.5 Å². The summed E-state index contributed by atoms with van der Waals surface area (Å²) in [6.45, 7) is 5.85. The van der Waals surface area contributed by atoms with E-state index in [-0.39, 0.29) is 5.91 Å². The van der Waals surface area contributed by atoms with E-state index in [4.69, 9.17) is 11.6 Å². The van der Waals surface area contributed by atoms with Gasteiger partial charge in [0.2, 0.25) is 11.9 Å². The zero-order chi connectivity index (χ0) is 20.0. The highest BCUT2D eigenvalue weighted by Gasteiger charge is 2.42. The van der Waals surface area contributed by atoms with E-state index in [9.17, 15) is 4.79 Å². The normalized spacial score (nSPS) is 15.2. The molecule has 1 aromatic carbocycles. The Morgan fingerprint density at radius 1 is 1.11 bits per heavy atom. The van der Waals surface area contributed by atoms with Gasteiger partial charge in [0.15, 0.2) is 0 Å². The maximum atomic E-state index is 13.0. The predicted molar refractivity (Wildman–Crippen MR) is 114 cm³/mol. The Balaban J connectivity index is 1.58. The number of nitrogens with one attached hydrogen (secondary N) is 3. The summed E-state index contributed by atoms with van der Waals surface area (Å²) >= 11 is 6.02. The second-order valence-electron chi connectivity index (χ2n) is 7.23. The minimum Gasteiger partial charge on any atom is -0.368 e. The Labute approximate surface area is 171 Å². The van der Waals surface area contributed by atoms with Crippen molar-refractivity contribution in [3.63, 3.8) is 0 Å². The molecule has 0 saturated heterocycles. The Kier molecular flexibility index (Phi) is 6.73. The lowest BCUT2D eigenvalue weighted by atomic mass is 9.78. The highest BCUT2D eigenvalue weighted by atomic mass is 35.5. The number of rotatable bonds is 8. The molecule has 0 aliphatic heterocycles. The fourth-order valence-electron chi connectivity index (χ4n) is 3.83. The molecule has 6 nitrogen and oxygen atoms in total. The molecule has 1 heterocycles. The van der Waals surface area contributed by atoms with Gasteiger partial charge < -0.3 is 16.0 Å². The standard InChI is InChI=1S/C21H28ClN5O/c1-3-23-20-26-15(2)14-18(27-20)24-12-13-25-19(28)21(10-4-5-11-21)16-6-8-17(22)9-7-16/h6-9,14H,3-5,10-13H2,1-2H3,(H,25,28)(H2,23,24,26,27). The highest BCUT2D eigenvalue weighted by Crippen LogP contribution is 2.41. The third-order valence-corrected chi connectivity index (χ3v) is 5.45. The molecule has 0 bridgehead atoms. The first-order valence-electron chi connectivity index (χ1n) is 9.91. The van der Waals surface area contributed by atoms with Crippen molar-refractivity contribution in [2.24, 2.45) is 0 Å². The first kappa shape index (κ1) is 20.4. The second kappa shape index (κ2) is 9.24. The van der Waals surface area contributed by atoms with Gasteiger partial charge in [0, 0.05) is 36.4 Å². The molecule has 0 spiro atoms. The van der Waals surface area contributed by atoms with Crippen LogP contribution in [0, 0.1) is 6.92 Å². The van der Waals surface area contributed by atoms with Crippen LogP contribution in [0.4, 0.5) is 11.8 Å². The average molecular weight is 402 g/mol. The van der Waals surface area contributed by atoms with Crippen LogP contribution in [0.5, 0.6) is 0 Å². The molecule has 0 radical (unpaired) electrons. The van der Waals surface area contributed by atoms with Crippen LogP contribution in [0.15, 0.2) is 30.3 Å². The fourth-order valence-corrected chi connectivity index (χ4v) is 3.95. The Morgan fingerprint density at radius 2 is 1.82 bits per heavy atom. The predicted octanol–water partition coefficient (Wildman–Crippen LogP) is 3.91.